The number of fused-ring (bicyclic) bond motifs is 2. The number of nitrogens with one attached hydrogen (secondary N) is 2. The molecule has 0 fully saturated rings. The van der Waals surface area contributed by atoms with Gasteiger partial charge in [-0.1, -0.05) is 36.4 Å². The molecule has 0 atom stereocenters. The molecule has 1 aliphatic heterocycles. The molecule has 4 aromatic carbocycles. The lowest BCUT2D eigenvalue weighted by Crippen LogP contribution is -2.27. The van der Waals surface area contributed by atoms with Crippen LogP contribution >= 0.6 is 0 Å². The fourth-order valence-corrected chi connectivity index (χ4v) is 4.52. The third-order valence-electron chi connectivity index (χ3n) is 6.31. The van der Waals surface area contributed by atoms with Gasteiger partial charge in [0.25, 0.3) is 11.8 Å². The van der Waals surface area contributed by atoms with Gasteiger partial charge in [-0.05, 0) is 66.6 Å². The van der Waals surface area contributed by atoms with Crippen molar-refractivity contribution in [2.75, 3.05) is 15.5 Å². The number of hydrogen-bond donors (Lipinski definition) is 2. The van der Waals surface area contributed by atoms with Crippen molar-refractivity contribution in [2.24, 2.45) is 0 Å². The quantitative estimate of drug-likeness (QED) is 0.279. The maximum Gasteiger partial charge on any atom is 0.417 e. The summed E-state index contributed by atoms with van der Waals surface area (Å²) in [7, 11) is 0. The van der Waals surface area contributed by atoms with Crippen LogP contribution in [0, 0.1) is 12.7 Å². The summed E-state index contributed by atoms with van der Waals surface area (Å²) in [5.74, 6) is -2.85. The standard InChI is InChI=1S/C29H21F4N3O2/c1-17-15-19(35-27(37)26-21(29(31,32)33)8-6-9-22(26)30)13-14-20(17)28(38)36-24-11-4-2-7-18(24)16-34-23-10-3-5-12-25(23)36/h2-15,34H,16H2,1H3,(H,35,37). The van der Waals surface area contributed by atoms with Crippen LogP contribution in [-0.4, -0.2) is 11.8 Å². The Bertz CT molecular complexity index is 1520. The molecule has 0 aromatic heterocycles. The number of nitrogens with zero attached hydrogens (tertiary/aromatic N) is 1. The zero-order chi connectivity index (χ0) is 27.0. The summed E-state index contributed by atoms with van der Waals surface area (Å²) in [6.45, 7) is 2.18. The normalized spacial score (nSPS) is 12.6. The van der Waals surface area contributed by atoms with Crippen molar-refractivity contribution in [1.82, 2.24) is 0 Å². The Morgan fingerprint density at radius 3 is 2.34 bits per heavy atom. The molecule has 0 unspecified atom stereocenters. The molecule has 2 amide bonds. The molecule has 4 aromatic rings. The zero-order valence-electron chi connectivity index (χ0n) is 20.1. The fourth-order valence-electron chi connectivity index (χ4n) is 4.52. The van der Waals surface area contributed by atoms with E-state index >= 15 is 0 Å². The van der Waals surface area contributed by atoms with Crippen molar-refractivity contribution >= 4 is 34.6 Å². The highest BCUT2D eigenvalue weighted by molar-refractivity contribution is 6.14. The van der Waals surface area contributed by atoms with Crippen molar-refractivity contribution in [3.8, 4) is 0 Å². The predicted molar refractivity (Wildman–Crippen MR) is 137 cm³/mol. The third kappa shape index (κ3) is 4.58. The number of rotatable bonds is 3. The van der Waals surface area contributed by atoms with Gasteiger partial charge in [0.1, 0.15) is 5.82 Å². The van der Waals surface area contributed by atoms with Crippen LogP contribution in [0.2, 0.25) is 0 Å². The minimum Gasteiger partial charge on any atom is -0.379 e. The first-order valence-electron chi connectivity index (χ1n) is 11.7. The van der Waals surface area contributed by atoms with E-state index < -0.39 is 29.0 Å². The highest BCUT2D eigenvalue weighted by atomic mass is 19.4. The lowest BCUT2D eigenvalue weighted by molar-refractivity contribution is -0.138. The van der Waals surface area contributed by atoms with Gasteiger partial charge in [-0.15, -0.1) is 0 Å². The molecule has 9 heteroatoms. The van der Waals surface area contributed by atoms with E-state index in [1.54, 1.807) is 11.8 Å². The largest absolute Gasteiger partial charge is 0.417 e. The highest BCUT2D eigenvalue weighted by Gasteiger charge is 2.37. The zero-order valence-corrected chi connectivity index (χ0v) is 20.1. The Balaban J connectivity index is 1.48. The lowest BCUT2D eigenvalue weighted by atomic mass is 10.0. The Kier molecular flexibility index (Phi) is 6.36. The summed E-state index contributed by atoms with van der Waals surface area (Å²) < 4.78 is 54.3. The predicted octanol–water partition coefficient (Wildman–Crippen LogP) is 7.31. The van der Waals surface area contributed by atoms with E-state index in [1.807, 2.05) is 48.5 Å². The van der Waals surface area contributed by atoms with E-state index in [4.69, 9.17) is 0 Å². The second-order valence-corrected chi connectivity index (χ2v) is 8.78. The number of carbonyl (C=O) groups excluding carboxylic acids is 2. The molecule has 0 radical (unpaired) electrons. The number of benzene rings is 4. The number of alkyl halides is 3. The van der Waals surface area contributed by atoms with Crippen LogP contribution in [0.5, 0.6) is 0 Å². The topological polar surface area (TPSA) is 61.4 Å². The van der Waals surface area contributed by atoms with E-state index in [9.17, 15) is 27.2 Å². The van der Waals surface area contributed by atoms with Gasteiger partial charge in [0.2, 0.25) is 0 Å². The number of para-hydroxylation sites is 3. The molecule has 0 spiro atoms. The molecular weight excluding hydrogens is 498 g/mol. The first-order valence-corrected chi connectivity index (χ1v) is 11.7. The van der Waals surface area contributed by atoms with E-state index in [0.29, 0.717) is 35.1 Å². The fraction of sp³-hybridized carbons (Fsp3) is 0.103. The van der Waals surface area contributed by atoms with E-state index in [-0.39, 0.29) is 11.6 Å². The summed E-state index contributed by atoms with van der Waals surface area (Å²) in [6, 6.07) is 21.6. The van der Waals surface area contributed by atoms with Crippen LogP contribution in [0.3, 0.4) is 0 Å². The minimum absolute atomic E-state index is 0.124. The van der Waals surface area contributed by atoms with Gasteiger partial charge >= 0.3 is 6.18 Å². The maximum atomic E-state index is 14.2. The Hall–Kier alpha value is -4.66. The van der Waals surface area contributed by atoms with Crippen LogP contribution in [0.25, 0.3) is 0 Å². The number of anilines is 4. The number of aryl methyl sites for hydroxylation is 1. The number of carbonyl (C=O) groups is 2. The summed E-state index contributed by atoms with van der Waals surface area (Å²) in [5, 5.41) is 5.67. The summed E-state index contributed by atoms with van der Waals surface area (Å²) in [4.78, 5) is 28.2. The van der Waals surface area contributed by atoms with E-state index in [0.717, 1.165) is 23.4 Å². The molecule has 0 saturated heterocycles. The Morgan fingerprint density at radius 2 is 1.61 bits per heavy atom. The van der Waals surface area contributed by atoms with Crippen LogP contribution < -0.4 is 15.5 Å². The lowest BCUT2D eigenvalue weighted by Gasteiger charge is -2.25. The molecular formula is C29H21F4N3O2. The van der Waals surface area contributed by atoms with Crippen LogP contribution in [0.15, 0.2) is 84.9 Å². The molecule has 5 nitrogen and oxygen atoms in total. The van der Waals surface area contributed by atoms with E-state index in [2.05, 4.69) is 10.6 Å². The van der Waals surface area contributed by atoms with Crippen molar-refractivity contribution < 1.29 is 27.2 Å². The number of amides is 2. The second kappa shape index (κ2) is 9.66. The Morgan fingerprint density at radius 1 is 0.895 bits per heavy atom. The molecule has 2 N–H and O–H groups in total. The minimum atomic E-state index is -4.91. The molecule has 38 heavy (non-hydrogen) atoms. The summed E-state index contributed by atoms with van der Waals surface area (Å²) in [5.41, 5.74) is 1.55. The van der Waals surface area contributed by atoms with Gasteiger partial charge in [0.05, 0.1) is 28.2 Å². The first kappa shape index (κ1) is 25.0. The average Bonchev–Trinajstić information content (AvgIpc) is 3.04. The first-order chi connectivity index (χ1) is 18.1. The van der Waals surface area contributed by atoms with Gasteiger partial charge in [-0.25, -0.2) is 4.39 Å². The van der Waals surface area contributed by atoms with Crippen molar-refractivity contribution in [2.45, 2.75) is 19.6 Å². The van der Waals surface area contributed by atoms with Gasteiger partial charge in [0.15, 0.2) is 0 Å². The summed E-state index contributed by atoms with van der Waals surface area (Å²) >= 11 is 0. The third-order valence-corrected chi connectivity index (χ3v) is 6.31. The molecule has 192 valence electrons. The van der Waals surface area contributed by atoms with Crippen LogP contribution in [-0.2, 0) is 12.7 Å². The molecule has 5 rings (SSSR count). The number of hydrogen-bond acceptors (Lipinski definition) is 3. The Labute approximate surface area is 215 Å². The highest BCUT2D eigenvalue weighted by Crippen LogP contribution is 2.39. The summed E-state index contributed by atoms with van der Waals surface area (Å²) in [6.07, 6.45) is -4.91. The monoisotopic (exact) mass is 519 g/mol. The number of halogens is 4. The SMILES string of the molecule is Cc1cc(NC(=O)c2c(F)cccc2C(F)(F)F)ccc1C(=O)N1c2ccccc2CNc2ccccc21. The molecule has 1 aliphatic rings. The van der Waals surface area contributed by atoms with Gasteiger partial charge in [-0.3, -0.25) is 14.5 Å². The van der Waals surface area contributed by atoms with Crippen LogP contribution in [0.4, 0.5) is 40.3 Å². The smallest absolute Gasteiger partial charge is 0.379 e. The molecule has 0 bridgehead atoms. The van der Waals surface area contributed by atoms with Gasteiger partial charge in [0, 0.05) is 17.8 Å². The van der Waals surface area contributed by atoms with Crippen LogP contribution in [0.1, 0.15) is 37.4 Å². The average molecular weight is 519 g/mol. The van der Waals surface area contributed by atoms with Gasteiger partial charge < -0.3 is 10.6 Å². The molecule has 1 heterocycles. The van der Waals surface area contributed by atoms with Gasteiger partial charge in [-0.2, -0.15) is 13.2 Å². The van der Waals surface area contributed by atoms with Crippen molar-refractivity contribution in [1.29, 1.82) is 0 Å². The van der Waals surface area contributed by atoms with Crippen molar-refractivity contribution in [3.05, 3.63) is 119 Å². The maximum absolute atomic E-state index is 14.2. The second-order valence-electron chi connectivity index (χ2n) is 8.78. The molecule has 0 saturated carbocycles. The van der Waals surface area contributed by atoms with Crippen molar-refractivity contribution in [3.63, 3.8) is 0 Å². The van der Waals surface area contributed by atoms with E-state index in [1.165, 1.54) is 18.2 Å². The molecule has 0 aliphatic carbocycles.